The van der Waals surface area contributed by atoms with Gasteiger partial charge in [0.1, 0.15) is 0 Å². The lowest BCUT2D eigenvalue weighted by atomic mass is 9.93. The Balaban J connectivity index is 1.35. The predicted octanol–water partition coefficient (Wildman–Crippen LogP) is 2.99. The van der Waals surface area contributed by atoms with Crippen LogP contribution in [0.3, 0.4) is 0 Å². The second kappa shape index (κ2) is 10.9. The van der Waals surface area contributed by atoms with Crippen molar-refractivity contribution in [2.45, 2.75) is 32.2 Å². The third kappa shape index (κ3) is 5.83. The molecule has 1 aliphatic heterocycles. The quantitative estimate of drug-likeness (QED) is 0.433. The number of guanidine groups is 1. The average molecular weight is 384 g/mol. The first kappa shape index (κ1) is 20.4. The van der Waals surface area contributed by atoms with E-state index >= 15 is 0 Å². The molecule has 0 aliphatic carbocycles. The van der Waals surface area contributed by atoms with Crippen LogP contribution in [0.1, 0.15) is 31.4 Å². The third-order valence-electron chi connectivity index (χ3n) is 5.46. The Morgan fingerprint density at radius 1 is 1.29 bits per heavy atom. The van der Waals surface area contributed by atoms with E-state index in [-0.39, 0.29) is 0 Å². The maximum Gasteiger partial charge on any atom is 0.193 e. The highest BCUT2D eigenvalue weighted by Gasteiger charge is 2.28. The van der Waals surface area contributed by atoms with Crippen molar-refractivity contribution in [1.29, 1.82) is 0 Å². The minimum atomic E-state index is 0.441. The van der Waals surface area contributed by atoms with Crippen molar-refractivity contribution in [2.24, 2.45) is 10.9 Å². The number of benzene rings is 1. The van der Waals surface area contributed by atoms with Crippen molar-refractivity contribution in [3.63, 3.8) is 0 Å². The molecule has 0 spiro atoms. The molecule has 3 rings (SSSR count). The fraction of sp³-hybridized carbons (Fsp3) is 0.545. The van der Waals surface area contributed by atoms with E-state index in [1.165, 1.54) is 5.56 Å². The maximum absolute atomic E-state index is 5.77. The summed E-state index contributed by atoms with van der Waals surface area (Å²) >= 11 is 0. The summed E-state index contributed by atoms with van der Waals surface area (Å²) in [5, 5.41) is 3.50. The smallest absolute Gasteiger partial charge is 0.193 e. The van der Waals surface area contributed by atoms with Gasteiger partial charge in [-0.1, -0.05) is 37.3 Å². The molecule has 0 saturated carbocycles. The Bertz CT molecular complexity index is 701. The summed E-state index contributed by atoms with van der Waals surface area (Å²) in [4.78, 5) is 11.1. The minimum Gasteiger partial charge on any atom is -0.381 e. The molecule has 1 aromatic carbocycles. The van der Waals surface area contributed by atoms with E-state index in [9.17, 15) is 0 Å². The van der Waals surface area contributed by atoms with E-state index in [0.29, 0.717) is 12.0 Å². The number of likely N-dealkylation sites (tertiary alicyclic amines) is 1. The van der Waals surface area contributed by atoms with E-state index in [1.54, 1.807) is 0 Å². The van der Waals surface area contributed by atoms with Crippen molar-refractivity contribution in [3.8, 4) is 0 Å². The van der Waals surface area contributed by atoms with Crippen molar-refractivity contribution in [3.05, 3.63) is 54.6 Å². The molecular formula is C22H33N5O. The second-order valence-electron chi connectivity index (χ2n) is 7.46. The SMILES string of the molecule is CN=C(NCCCOCCc1ccccc1)N1CCC(C)C(n2ccnc2)C1. The third-order valence-corrected chi connectivity index (χ3v) is 5.46. The summed E-state index contributed by atoms with van der Waals surface area (Å²) in [6.45, 7) is 6.75. The van der Waals surface area contributed by atoms with Gasteiger partial charge in [0.15, 0.2) is 5.96 Å². The highest BCUT2D eigenvalue weighted by molar-refractivity contribution is 5.80. The molecule has 2 aromatic rings. The largest absolute Gasteiger partial charge is 0.381 e. The number of imidazole rings is 1. The fourth-order valence-electron chi connectivity index (χ4n) is 3.74. The Morgan fingerprint density at radius 2 is 2.14 bits per heavy atom. The zero-order valence-electron chi connectivity index (χ0n) is 17.1. The maximum atomic E-state index is 5.77. The molecule has 0 bridgehead atoms. The zero-order chi connectivity index (χ0) is 19.6. The first-order chi connectivity index (χ1) is 13.8. The van der Waals surface area contributed by atoms with Crippen molar-refractivity contribution >= 4 is 5.96 Å². The number of piperidine rings is 1. The van der Waals surface area contributed by atoms with Crippen LogP contribution in [-0.2, 0) is 11.2 Å². The molecule has 6 nitrogen and oxygen atoms in total. The molecule has 1 fully saturated rings. The van der Waals surface area contributed by atoms with Crippen LogP contribution in [0.5, 0.6) is 0 Å². The van der Waals surface area contributed by atoms with Crippen LogP contribution in [-0.4, -0.2) is 60.3 Å². The summed E-state index contributed by atoms with van der Waals surface area (Å²) in [5.74, 6) is 1.63. The number of ether oxygens (including phenoxy) is 1. The van der Waals surface area contributed by atoms with Crippen LogP contribution in [0.15, 0.2) is 54.0 Å². The Kier molecular flexibility index (Phi) is 7.91. The summed E-state index contributed by atoms with van der Waals surface area (Å²) in [6, 6.07) is 10.9. The van der Waals surface area contributed by atoms with Gasteiger partial charge in [-0.25, -0.2) is 4.98 Å². The number of aliphatic imine (C=N–C) groups is 1. The molecule has 152 valence electrons. The van der Waals surface area contributed by atoms with Gasteiger partial charge in [0, 0.05) is 45.7 Å². The van der Waals surface area contributed by atoms with Crippen LogP contribution < -0.4 is 5.32 Å². The molecule has 1 saturated heterocycles. The van der Waals surface area contributed by atoms with Gasteiger partial charge < -0.3 is 19.5 Å². The number of nitrogens with one attached hydrogen (secondary N) is 1. The second-order valence-corrected chi connectivity index (χ2v) is 7.46. The minimum absolute atomic E-state index is 0.441. The van der Waals surface area contributed by atoms with Crippen LogP contribution in [0.2, 0.25) is 0 Å². The molecule has 1 N–H and O–H groups in total. The monoisotopic (exact) mass is 383 g/mol. The van der Waals surface area contributed by atoms with E-state index in [1.807, 2.05) is 25.6 Å². The molecule has 0 radical (unpaired) electrons. The summed E-state index contributed by atoms with van der Waals surface area (Å²) in [6.07, 6.45) is 8.95. The van der Waals surface area contributed by atoms with Crippen LogP contribution in [0, 0.1) is 5.92 Å². The lowest BCUT2D eigenvalue weighted by Gasteiger charge is -2.39. The number of rotatable bonds is 8. The Morgan fingerprint density at radius 3 is 2.89 bits per heavy atom. The van der Waals surface area contributed by atoms with Gasteiger partial charge in [-0.2, -0.15) is 0 Å². The Labute approximate surface area is 168 Å². The predicted molar refractivity (Wildman–Crippen MR) is 114 cm³/mol. The van der Waals surface area contributed by atoms with E-state index in [0.717, 1.165) is 58.1 Å². The fourth-order valence-corrected chi connectivity index (χ4v) is 3.74. The van der Waals surface area contributed by atoms with Gasteiger partial charge in [0.05, 0.1) is 19.0 Å². The van der Waals surface area contributed by atoms with E-state index in [4.69, 9.17) is 4.74 Å². The number of hydrogen-bond donors (Lipinski definition) is 1. The molecule has 1 aromatic heterocycles. The molecule has 1 aliphatic rings. The summed E-state index contributed by atoms with van der Waals surface area (Å²) < 4.78 is 8.00. The lowest BCUT2D eigenvalue weighted by molar-refractivity contribution is 0.135. The van der Waals surface area contributed by atoms with Crippen molar-refractivity contribution < 1.29 is 4.74 Å². The van der Waals surface area contributed by atoms with Gasteiger partial charge >= 0.3 is 0 Å². The van der Waals surface area contributed by atoms with Crippen molar-refractivity contribution in [2.75, 3.05) is 39.9 Å². The molecule has 28 heavy (non-hydrogen) atoms. The van der Waals surface area contributed by atoms with Gasteiger partial charge in [-0.15, -0.1) is 0 Å². The highest BCUT2D eigenvalue weighted by Crippen LogP contribution is 2.27. The first-order valence-corrected chi connectivity index (χ1v) is 10.3. The molecule has 2 unspecified atom stereocenters. The van der Waals surface area contributed by atoms with Crippen molar-refractivity contribution in [1.82, 2.24) is 19.8 Å². The van der Waals surface area contributed by atoms with Crippen LogP contribution in [0.25, 0.3) is 0 Å². The number of hydrogen-bond acceptors (Lipinski definition) is 3. The zero-order valence-corrected chi connectivity index (χ0v) is 17.1. The molecule has 0 amide bonds. The topological polar surface area (TPSA) is 54.7 Å². The molecule has 6 heteroatoms. The number of nitrogens with zero attached hydrogens (tertiary/aromatic N) is 4. The van der Waals surface area contributed by atoms with Gasteiger partial charge in [-0.05, 0) is 30.7 Å². The lowest BCUT2D eigenvalue weighted by Crippen LogP contribution is -2.49. The van der Waals surface area contributed by atoms with E-state index in [2.05, 4.69) is 62.1 Å². The van der Waals surface area contributed by atoms with Crippen LogP contribution in [0.4, 0.5) is 0 Å². The molecule has 2 heterocycles. The van der Waals surface area contributed by atoms with Gasteiger partial charge in [0.2, 0.25) is 0 Å². The van der Waals surface area contributed by atoms with Gasteiger partial charge in [-0.3, -0.25) is 4.99 Å². The van der Waals surface area contributed by atoms with Gasteiger partial charge in [0.25, 0.3) is 0 Å². The summed E-state index contributed by atoms with van der Waals surface area (Å²) in [5.41, 5.74) is 1.33. The number of aromatic nitrogens is 2. The summed E-state index contributed by atoms with van der Waals surface area (Å²) in [7, 11) is 1.86. The van der Waals surface area contributed by atoms with E-state index < -0.39 is 0 Å². The first-order valence-electron chi connectivity index (χ1n) is 10.3. The average Bonchev–Trinajstić information content (AvgIpc) is 3.26. The molecule has 2 atom stereocenters. The normalized spacial score (nSPS) is 20.4. The Hall–Kier alpha value is -2.34. The van der Waals surface area contributed by atoms with Crippen LogP contribution >= 0.6 is 0 Å². The molecular weight excluding hydrogens is 350 g/mol. The highest BCUT2D eigenvalue weighted by atomic mass is 16.5. The standard InChI is InChI=1S/C22H33N5O/c1-19-9-13-26(17-21(19)27-14-12-24-18-27)22(23-2)25-11-6-15-28-16-10-20-7-4-3-5-8-20/h3-5,7-8,12,14,18-19,21H,6,9-11,13,15-17H2,1-2H3,(H,23,25).